The van der Waals surface area contributed by atoms with E-state index >= 15 is 0 Å². The van der Waals surface area contributed by atoms with Crippen LogP contribution < -0.4 is 0 Å². The molecule has 5 heteroatoms. The molecular formula is C11H7ClN2O2. The van der Waals surface area contributed by atoms with E-state index in [4.69, 9.17) is 16.1 Å². The molecule has 0 radical (unpaired) electrons. The summed E-state index contributed by atoms with van der Waals surface area (Å²) in [5, 5.41) is 4.21. The molecule has 0 aliphatic heterocycles. The van der Waals surface area contributed by atoms with Crippen LogP contribution in [0.4, 0.5) is 5.69 Å². The summed E-state index contributed by atoms with van der Waals surface area (Å²) in [6.07, 6.45) is 3.27. The first-order chi connectivity index (χ1) is 7.81. The lowest BCUT2D eigenvalue weighted by molar-refractivity contribution is 0.390. The number of aliphatic imine (C=N–C) groups is 1. The van der Waals surface area contributed by atoms with Gasteiger partial charge in [-0.2, -0.15) is 4.99 Å². The van der Waals surface area contributed by atoms with Gasteiger partial charge in [0, 0.05) is 11.4 Å². The molecule has 0 amide bonds. The van der Waals surface area contributed by atoms with Crippen molar-refractivity contribution < 1.29 is 9.32 Å². The Labute approximate surface area is 96.5 Å². The lowest BCUT2D eigenvalue weighted by atomic mass is 10.1. The number of hydrogen-bond donors (Lipinski definition) is 0. The third-order valence-corrected chi connectivity index (χ3v) is 2.47. The van der Waals surface area contributed by atoms with E-state index in [9.17, 15) is 4.79 Å². The summed E-state index contributed by atoms with van der Waals surface area (Å²) in [6, 6.07) is 7.38. The van der Waals surface area contributed by atoms with Gasteiger partial charge in [0.05, 0.1) is 6.20 Å². The highest BCUT2D eigenvalue weighted by Gasteiger charge is 2.10. The van der Waals surface area contributed by atoms with Gasteiger partial charge in [0.1, 0.15) is 5.69 Å². The van der Waals surface area contributed by atoms with Gasteiger partial charge in [-0.3, -0.25) is 0 Å². The molecule has 0 bridgehead atoms. The van der Waals surface area contributed by atoms with Gasteiger partial charge in [0.15, 0.2) is 5.76 Å². The summed E-state index contributed by atoms with van der Waals surface area (Å²) in [4.78, 5) is 13.6. The molecule has 16 heavy (non-hydrogen) atoms. The van der Waals surface area contributed by atoms with Crippen molar-refractivity contribution in [3.8, 4) is 0 Å². The molecule has 0 aliphatic rings. The van der Waals surface area contributed by atoms with Crippen LogP contribution in [-0.2, 0) is 11.2 Å². The van der Waals surface area contributed by atoms with Crippen molar-refractivity contribution in [2.75, 3.05) is 0 Å². The van der Waals surface area contributed by atoms with E-state index in [1.54, 1.807) is 6.07 Å². The summed E-state index contributed by atoms with van der Waals surface area (Å²) in [6.45, 7) is 0. The molecule has 0 atom stereocenters. The van der Waals surface area contributed by atoms with E-state index in [0.717, 1.165) is 5.56 Å². The van der Waals surface area contributed by atoms with Gasteiger partial charge in [0.2, 0.25) is 6.08 Å². The monoisotopic (exact) mass is 234 g/mol. The summed E-state index contributed by atoms with van der Waals surface area (Å²) >= 11 is 6.00. The molecule has 1 heterocycles. The molecule has 0 aliphatic carbocycles. The van der Waals surface area contributed by atoms with Crippen LogP contribution in [-0.4, -0.2) is 11.2 Å². The number of isocyanates is 1. The fraction of sp³-hybridized carbons (Fsp3) is 0.0909. The molecule has 0 saturated heterocycles. The predicted molar refractivity (Wildman–Crippen MR) is 58.5 cm³/mol. The highest BCUT2D eigenvalue weighted by atomic mass is 35.5. The quantitative estimate of drug-likeness (QED) is 0.606. The molecule has 0 spiro atoms. The first-order valence-corrected chi connectivity index (χ1v) is 4.94. The Morgan fingerprint density at radius 2 is 2.25 bits per heavy atom. The zero-order valence-corrected chi connectivity index (χ0v) is 8.94. The van der Waals surface area contributed by atoms with E-state index < -0.39 is 0 Å². The minimum Gasteiger partial charge on any atom is -0.359 e. The summed E-state index contributed by atoms with van der Waals surface area (Å²) in [5.41, 5.74) is 1.28. The highest BCUT2D eigenvalue weighted by Crippen LogP contribution is 2.24. The topological polar surface area (TPSA) is 55.5 Å². The minimum atomic E-state index is 0.384. The van der Waals surface area contributed by atoms with Gasteiger partial charge in [-0.05, 0) is 11.6 Å². The zero-order chi connectivity index (χ0) is 11.4. The largest absolute Gasteiger partial charge is 0.359 e. The molecule has 1 aromatic carbocycles. The predicted octanol–water partition coefficient (Wildman–Crippen LogP) is 2.89. The SMILES string of the molecule is O=C=Nc1cnoc1Cc1ccccc1Cl. The minimum absolute atomic E-state index is 0.384. The lowest BCUT2D eigenvalue weighted by Crippen LogP contribution is -1.87. The standard InChI is InChI=1S/C11H7ClN2O2/c12-9-4-2-1-3-8(9)5-11-10(13-7-15)6-14-16-11/h1-4,6H,5H2. The second kappa shape index (κ2) is 4.75. The van der Waals surface area contributed by atoms with Crippen molar-refractivity contribution in [3.63, 3.8) is 0 Å². The second-order valence-electron chi connectivity index (χ2n) is 3.11. The van der Waals surface area contributed by atoms with Crippen LogP contribution in [0.5, 0.6) is 0 Å². The van der Waals surface area contributed by atoms with Crippen LogP contribution in [0.25, 0.3) is 0 Å². The normalized spacial score (nSPS) is 9.81. The number of aromatic nitrogens is 1. The van der Waals surface area contributed by atoms with E-state index in [1.807, 2.05) is 18.2 Å². The smallest absolute Gasteiger partial charge is 0.240 e. The Kier molecular flexibility index (Phi) is 3.15. The van der Waals surface area contributed by atoms with Gasteiger partial charge >= 0.3 is 0 Å². The Balaban J connectivity index is 2.30. The fourth-order valence-electron chi connectivity index (χ4n) is 1.34. The molecule has 0 saturated carbocycles. The van der Waals surface area contributed by atoms with E-state index in [-0.39, 0.29) is 0 Å². The summed E-state index contributed by atoms with van der Waals surface area (Å²) in [7, 11) is 0. The number of halogens is 1. The molecular weight excluding hydrogens is 228 g/mol. The second-order valence-corrected chi connectivity index (χ2v) is 3.51. The Morgan fingerprint density at radius 1 is 1.44 bits per heavy atom. The maximum Gasteiger partial charge on any atom is 0.240 e. The van der Waals surface area contributed by atoms with Crippen LogP contribution in [0.15, 0.2) is 40.0 Å². The van der Waals surface area contributed by atoms with Gasteiger partial charge < -0.3 is 4.52 Å². The zero-order valence-electron chi connectivity index (χ0n) is 8.18. The van der Waals surface area contributed by atoms with Gasteiger partial charge in [0.25, 0.3) is 0 Å². The van der Waals surface area contributed by atoms with E-state index in [2.05, 4.69) is 10.1 Å². The average Bonchev–Trinajstić information content (AvgIpc) is 2.70. The molecule has 0 N–H and O–H groups in total. The van der Waals surface area contributed by atoms with Crippen LogP contribution in [0.3, 0.4) is 0 Å². The first kappa shape index (κ1) is 10.6. The Bertz CT molecular complexity index is 544. The van der Waals surface area contributed by atoms with Crippen molar-refractivity contribution in [3.05, 3.63) is 46.8 Å². The van der Waals surface area contributed by atoms with Crippen molar-refractivity contribution in [1.29, 1.82) is 0 Å². The summed E-state index contributed by atoms with van der Waals surface area (Å²) in [5.74, 6) is 0.497. The fourth-order valence-corrected chi connectivity index (χ4v) is 1.54. The number of benzene rings is 1. The molecule has 0 fully saturated rings. The lowest BCUT2D eigenvalue weighted by Gasteiger charge is -2.00. The third kappa shape index (κ3) is 2.19. The number of rotatable bonds is 3. The van der Waals surface area contributed by atoms with Gasteiger partial charge in [-0.25, -0.2) is 4.79 Å². The van der Waals surface area contributed by atoms with Gasteiger partial charge in [-0.1, -0.05) is 35.0 Å². The van der Waals surface area contributed by atoms with Crippen molar-refractivity contribution in [1.82, 2.24) is 5.16 Å². The Hall–Kier alpha value is -1.90. The van der Waals surface area contributed by atoms with Crippen LogP contribution >= 0.6 is 11.6 Å². The maximum absolute atomic E-state index is 10.2. The van der Waals surface area contributed by atoms with Crippen LogP contribution in [0.2, 0.25) is 5.02 Å². The summed E-state index contributed by atoms with van der Waals surface area (Å²) < 4.78 is 4.99. The van der Waals surface area contributed by atoms with Gasteiger partial charge in [-0.15, -0.1) is 0 Å². The number of carbonyl (C=O) groups excluding carboxylic acids is 1. The molecule has 4 nitrogen and oxygen atoms in total. The average molecular weight is 235 g/mol. The van der Waals surface area contributed by atoms with Crippen molar-refractivity contribution >= 4 is 23.4 Å². The molecule has 2 rings (SSSR count). The van der Waals surface area contributed by atoms with Crippen LogP contribution in [0.1, 0.15) is 11.3 Å². The number of nitrogens with zero attached hydrogens (tertiary/aromatic N) is 2. The van der Waals surface area contributed by atoms with Crippen molar-refractivity contribution in [2.24, 2.45) is 4.99 Å². The molecule has 1 aromatic heterocycles. The molecule has 0 unspecified atom stereocenters. The third-order valence-electron chi connectivity index (χ3n) is 2.10. The highest BCUT2D eigenvalue weighted by molar-refractivity contribution is 6.31. The Morgan fingerprint density at radius 3 is 3.00 bits per heavy atom. The molecule has 2 aromatic rings. The maximum atomic E-state index is 10.2. The number of hydrogen-bond acceptors (Lipinski definition) is 4. The van der Waals surface area contributed by atoms with Crippen LogP contribution in [0, 0.1) is 0 Å². The molecule has 80 valence electrons. The van der Waals surface area contributed by atoms with Crippen molar-refractivity contribution in [2.45, 2.75) is 6.42 Å². The van der Waals surface area contributed by atoms with E-state index in [0.29, 0.717) is 22.9 Å². The van der Waals surface area contributed by atoms with E-state index in [1.165, 1.54) is 12.3 Å². The first-order valence-electron chi connectivity index (χ1n) is 4.56.